The predicted octanol–water partition coefficient (Wildman–Crippen LogP) is -0.835. The summed E-state index contributed by atoms with van der Waals surface area (Å²) in [6.07, 6.45) is 0. The van der Waals surface area contributed by atoms with Crippen LogP contribution in [0.2, 0.25) is 0 Å². The second-order valence-electron chi connectivity index (χ2n) is 9.01. The molecule has 0 fully saturated rings. The number of aromatic hydroxyl groups is 1. The molecule has 0 bridgehead atoms. The first-order valence-corrected chi connectivity index (χ1v) is 14.3. The third kappa shape index (κ3) is 3.88. The van der Waals surface area contributed by atoms with E-state index in [2.05, 4.69) is 0 Å². The van der Waals surface area contributed by atoms with Gasteiger partial charge in [-0.3, -0.25) is 0 Å². The van der Waals surface area contributed by atoms with E-state index in [0.717, 1.165) is 0 Å². The van der Waals surface area contributed by atoms with Crippen LogP contribution in [0.1, 0.15) is 16.7 Å². The SMILES string of the molecule is NCC(N)(c1cc(O)c2ccc3c(C(N)(CN)S(=O)O)cc(C(N)(CN)S(=O)O)c4ccc1c2c34)S(=O)O. The van der Waals surface area contributed by atoms with Crippen LogP contribution in [0.15, 0.2) is 36.4 Å². The summed E-state index contributed by atoms with van der Waals surface area (Å²) in [5.74, 6) is -0.297. The first kappa shape index (κ1) is 28.8. The first-order chi connectivity index (χ1) is 17.7. The third-order valence-electron chi connectivity index (χ3n) is 7.09. The van der Waals surface area contributed by atoms with Crippen LogP contribution in [0.25, 0.3) is 32.3 Å². The van der Waals surface area contributed by atoms with Gasteiger partial charge in [0.05, 0.1) is 0 Å². The molecule has 0 aliphatic rings. The zero-order valence-electron chi connectivity index (χ0n) is 19.8. The first-order valence-electron chi connectivity index (χ1n) is 11.0. The van der Waals surface area contributed by atoms with Crippen molar-refractivity contribution in [1.82, 2.24) is 0 Å². The minimum atomic E-state index is -2.72. The average molecular weight is 585 g/mol. The summed E-state index contributed by atoms with van der Waals surface area (Å²) in [7, 11) is 0. The fourth-order valence-corrected chi connectivity index (χ4v) is 6.35. The van der Waals surface area contributed by atoms with E-state index < -0.39 is 67.5 Å². The number of hydrogen-bond donors (Lipinski definition) is 10. The number of nitrogens with two attached hydrogens (primary N) is 6. The molecule has 206 valence electrons. The van der Waals surface area contributed by atoms with Gasteiger partial charge >= 0.3 is 0 Å². The third-order valence-corrected chi connectivity index (χ3v) is 10.1. The molecule has 16 N–H and O–H groups in total. The molecule has 4 aromatic rings. The number of hydrogen-bond acceptors (Lipinski definition) is 10. The number of rotatable bonds is 9. The molecule has 13 nitrogen and oxygen atoms in total. The molecule has 0 spiro atoms. The van der Waals surface area contributed by atoms with Crippen molar-refractivity contribution >= 4 is 65.6 Å². The normalized spacial score (nSPS) is 19.7. The minimum Gasteiger partial charge on any atom is -0.507 e. The van der Waals surface area contributed by atoms with E-state index in [9.17, 15) is 31.4 Å². The topological polar surface area (TPSA) is 288 Å². The molecule has 0 aromatic heterocycles. The molecule has 0 saturated carbocycles. The Labute approximate surface area is 224 Å². The summed E-state index contributed by atoms with van der Waals surface area (Å²) < 4.78 is 67.4. The molecule has 0 heterocycles. The summed E-state index contributed by atoms with van der Waals surface area (Å²) in [5, 5.41) is 12.8. The highest BCUT2D eigenvalue weighted by Crippen LogP contribution is 2.47. The number of phenols is 1. The monoisotopic (exact) mass is 584 g/mol. The molecule has 0 radical (unpaired) electrons. The zero-order chi connectivity index (χ0) is 28.4. The smallest absolute Gasteiger partial charge is 0.179 e. The van der Waals surface area contributed by atoms with Crippen LogP contribution in [0.3, 0.4) is 0 Å². The molecule has 0 aliphatic heterocycles. The summed E-state index contributed by atoms with van der Waals surface area (Å²) >= 11 is -8.09. The molecule has 38 heavy (non-hydrogen) atoms. The van der Waals surface area contributed by atoms with E-state index in [0.29, 0.717) is 26.9 Å². The van der Waals surface area contributed by atoms with Crippen molar-refractivity contribution in [3.8, 4) is 5.75 Å². The molecule has 0 aliphatic carbocycles. The molecule has 0 saturated heterocycles. The van der Waals surface area contributed by atoms with E-state index in [-0.39, 0.29) is 27.8 Å². The second kappa shape index (κ2) is 9.77. The predicted molar refractivity (Wildman–Crippen MR) is 149 cm³/mol. The van der Waals surface area contributed by atoms with Crippen molar-refractivity contribution < 1.29 is 31.4 Å². The zero-order valence-corrected chi connectivity index (χ0v) is 22.2. The maximum absolute atomic E-state index is 12.4. The van der Waals surface area contributed by atoms with Crippen molar-refractivity contribution in [2.45, 2.75) is 14.6 Å². The van der Waals surface area contributed by atoms with Gasteiger partial charge in [-0.15, -0.1) is 0 Å². The van der Waals surface area contributed by atoms with Gasteiger partial charge in [-0.25, -0.2) is 12.6 Å². The Morgan fingerprint density at radius 3 is 1.18 bits per heavy atom. The quantitative estimate of drug-likeness (QED) is 0.0849. The van der Waals surface area contributed by atoms with E-state index in [4.69, 9.17) is 34.4 Å². The van der Waals surface area contributed by atoms with Gasteiger partial charge in [0.2, 0.25) is 0 Å². The lowest BCUT2D eigenvalue weighted by Gasteiger charge is -2.32. The lowest BCUT2D eigenvalue weighted by molar-refractivity contribution is 0.476. The molecular formula is C22H28N6O7S3. The highest BCUT2D eigenvalue weighted by atomic mass is 32.2. The van der Waals surface area contributed by atoms with Crippen molar-refractivity contribution in [2.24, 2.45) is 34.4 Å². The van der Waals surface area contributed by atoms with Gasteiger partial charge < -0.3 is 53.2 Å². The second-order valence-corrected chi connectivity index (χ2v) is 12.7. The largest absolute Gasteiger partial charge is 0.507 e. The summed E-state index contributed by atoms with van der Waals surface area (Å²) in [6.45, 7) is -1.46. The molecular weight excluding hydrogens is 556 g/mol. The van der Waals surface area contributed by atoms with Crippen LogP contribution in [-0.2, 0) is 47.9 Å². The maximum atomic E-state index is 12.4. The lowest BCUT2D eigenvalue weighted by atomic mass is 9.83. The Kier molecular flexibility index (Phi) is 7.41. The van der Waals surface area contributed by atoms with Gasteiger partial charge in [-0.05, 0) is 56.4 Å². The van der Waals surface area contributed by atoms with Crippen LogP contribution >= 0.6 is 0 Å². The molecule has 6 unspecified atom stereocenters. The summed E-state index contributed by atoms with van der Waals surface area (Å²) in [4.78, 5) is -6.07. The van der Waals surface area contributed by atoms with Crippen molar-refractivity contribution in [3.05, 3.63) is 53.1 Å². The van der Waals surface area contributed by atoms with E-state index in [1.807, 2.05) is 0 Å². The number of benzene rings is 4. The Bertz CT molecular complexity index is 1610. The van der Waals surface area contributed by atoms with Crippen LogP contribution in [-0.4, -0.2) is 51.0 Å². The van der Waals surface area contributed by atoms with E-state index >= 15 is 0 Å². The Hall–Kier alpha value is -2.19. The summed E-state index contributed by atoms with van der Waals surface area (Å²) in [6, 6.07) is 8.75. The van der Waals surface area contributed by atoms with Crippen molar-refractivity contribution in [1.29, 1.82) is 0 Å². The molecule has 4 aromatic carbocycles. The van der Waals surface area contributed by atoms with E-state index in [1.54, 1.807) is 18.2 Å². The molecule has 16 heteroatoms. The number of phenolic OH excluding ortho intramolecular Hbond substituents is 1. The van der Waals surface area contributed by atoms with Gasteiger partial charge in [0.25, 0.3) is 0 Å². The van der Waals surface area contributed by atoms with Crippen LogP contribution in [0, 0.1) is 0 Å². The van der Waals surface area contributed by atoms with Gasteiger partial charge in [0.15, 0.2) is 47.9 Å². The molecule has 0 amide bonds. The average Bonchev–Trinajstić information content (AvgIpc) is 2.90. The Morgan fingerprint density at radius 1 is 0.579 bits per heavy atom. The van der Waals surface area contributed by atoms with Crippen molar-refractivity contribution in [3.63, 3.8) is 0 Å². The highest BCUT2D eigenvalue weighted by Gasteiger charge is 2.41. The van der Waals surface area contributed by atoms with Crippen molar-refractivity contribution in [2.75, 3.05) is 19.6 Å². The van der Waals surface area contributed by atoms with Gasteiger partial charge in [-0.1, -0.05) is 18.2 Å². The Balaban J connectivity index is 2.37. The van der Waals surface area contributed by atoms with Crippen LogP contribution in [0.4, 0.5) is 0 Å². The lowest BCUT2D eigenvalue weighted by Crippen LogP contribution is -2.50. The van der Waals surface area contributed by atoms with E-state index in [1.165, 1.54) is 18.2 Å². The standard InChI is InChI=1S/C22H28N6O7S3/c23-7-20(26,36(30)31)14-5-15(21(27,8-24)37(32)33)11-3-4-13-17(29)6-16(22(28,9-25)38(34)35)12-2-1-10(14)18(11)19(12)13/h1-6,29H,7-9,23-28H2,(H,30,31)(H,32,33)(H,34,35). The minimum absolute atomic E-state index is 0.0277. The maximum Gasteiger partial charge on any atom is 0.179 e. The van der Waals surface area contributed by atoms with Crippen LogP contribution in [0.5, 0.6) is 5.75 Å². The summed E-state index contributed by atoms with van der Waals surface area (Å²) in [5.41, 5.74) is 36.5. The molecule has 4 rings (SSSR count). The van der Waals surface area contributed by atoms with Gasteiger partial charge in [0, 0.05) is 30.4 Å². The fraction of sp³-hybridized carbons (Fsp3) is 0.273. The van der Waals surface area contributed by atoms with Gasteiger partial charge in [-0.2, -0.15) is 0 Å². The Morgan fingerprint density at radius 2 is 0.868 bits per heavy atom. The van der Waals surface area contributed by atoms with Gasteiger partial charge in [0.1, 0.15) is 5.75 Å². The fourth-order valence-electron chi connectivity index (χ4n) is 4.85. The van der Waals surface area contributed by atoms with Crippen LogP contribution < -0.4 is 34.4 Å². The molecule has 6 atom stereocenters. The highest BCUT2D eigenvalue weighted by molar-refractivity contribution is 7.80.